The van der Waals surface area contributed by atoms with Crippen LogP contribution in [0.4, 0.5) is 4.79 Å². The maximum Gasteiger partial charge on any atom is 0.315 e. The fraction of sp³-hybridized carbons (Fsp3) is 0.150. The molecule has 0 radical (unpaired) electrons. The Bertz CT molecular complexity index is 943. The first-order chi connectivity index (χ1) is 13.6. The van der Waals surface area contributed by atoms with Crippen LogP contribution in [0.1, 0.15) is 15.9 Å². The predicted octanol–water partition coefficient (Wildman–Crippen LogP) is 2.75. The number of aromatic nitrogens is 2. The lowest BCUT2D eigenvalue weighted by Gasteiger charge is -2.09. The van der Waals surface area contributed by atoms with Crippen molar-refractivity contribution in [2.75, 3.05) is 13.1 Å². The highest BCUT2D eigenvalue weighted by molar-refractivity contribution is 6.33. The Balaban J connectivity index is 1.37. The molecule has 1 aromatic heterocycles. The molecule has 3 aromatic rings. The Morgan fingerprint density at radius 3 is 2.43 bits per heavy atom. The first-order valence-electron chi connectivity index (χ1n) is 8.77. The van der Waals surface area contributed by atoms with Gasteiger partial charge in [-0.25, -0.2) is 9.48 Å². The van der Waals surface area contributed by atoms with Crippen molar-refractivity contribution in [3.63, 3.8) is 0 Å². The quantitative estimate of drug-likeness (QED) is 0.535. The number of hydrogen-bond acceptors (Lipinski definition) is 3. The molecular weight excluding hydrogens is 378 g/mol. The summed E-state index contributed by atoms with van der Waals surface area (Å²) in [6.07, 6.45) is 3.57. The predicted molar refractivity (Wildman–Crippen MR) is 108 cm³/mol. The van der Waals surface area contributed by atoms with E-state index in [1.165, 1.54) is 0 Å². The maximum absolute atomic E-state index is 12.0. The number of amides is 3. The summed E-state index contributed by atoms with van der Waals surface area (Å²) in [5.74, 6) is -0.277. The van der Waals surface area contributed by atoms with Gasteiger partial charge in [0.05, 0.1) is 22.5 Å². The maximum atomic E-state index is 12.0. The van der Waals surface area contributed by atoms with Crippen LogP contribution in [0.15, 0.2) is 67.0 Å². The Morgan fingerprint density at radius 1 is 0.929 bits per heavy atom. The van der Waals surface area contributed by atoms with Crippen LogP contribution in [0.2, 0.25) is 5.02 Å². The summed E-state index contributed by atoms with van der Waals surface area (Å²) in [6, 6.07) is 16.2. The molecule has 8 heteroatoms. The number of hydrogen-bond donors (Lipinski definition) is 3. The molecule has 0 saturated heterocycles. The lowest BCUT2D eigenvalue weighted by molar-refractivity contribution is 0.0954. The van der Waals surface area contributed by atoms with E-state index < -0.39 is 0 Å². The van der Waals surface area contributed by atoms with Crippen LogP contribution in [0.3, 0.4) is 0 Å². The Labute approximate surface area is 167 Å². The Hall–Kier alpha value is -3.32. The average molecular weight is 398 g/mol. The molecule has 0 spiro atoms. The summed E-state index contributed by atoms with van der Waals surface area (Å²) >= 11 is 5.98. The van der Waals surface area contributed by atoms with Crippen LogP contribution < -0.4 is 16.0 Å². The minimum Gasteiger partial charge on any atom is -0.350 e. The zero-order valence-corrected chi connectivity index (χ0v) is 15.8. The van der Waals surface area contributed by atoms with Crippen LogP contribution in [0, 0.1) is 0 Å². The minimum absolute atomic E-state index is 0.277. The molecule has 0 aliphatic heterocycles. The highest BCUT2D eigenvalue weighted by Gasteiger charge is 2.09. The molecule has 0 aliphatic carbocycles. The highest BCUT2D eigenvalue weighted by atomic mass is 35.5. The number of para-hydroxylation sites is 1. The van der Waals surface area contributed by atoms with Crippen molar-refractivity contribution in [3.8, 4) is 5.69 Å². The van der Waals surface area contributed by atoms with E-state index in [0.29, 0.717) is 30.2 Å². The number of carbonyl (C=O) groups excluding carboxylic acids is 2. The molecule has 28 heavy (non-hydrogen) atoms. The minimum atomic E-state index is -0.320. The molecule has 1 heterocycles. The zero-order chi connectivity index (χ0) is 19.8. The first kappa shape index (κ1) is 19.4. The van der Waals surface area contributed by atoms with Crippen LogP contribution in [-0.2, 0) is 6.54 Å². The number of nitrogens with one attached hydrogen (secondary N) is 3. The van der Waals surface area contributed by atoms with Gasteiger partial charge < -0.3 is 16.0 Å². The standard InChI is InChI=1S/C20H20ClN5O2/c21-18-9-5-4-8-17(18)19(27)22-10-11-23-20(28)24-12-15-13-25-26(14-15)16-6-2-1-3-7-16/h1-9,13-14H,10-12H2,(H,22,27)(H2,23,24,28). The van der Waals surface area contributed by atoms with Gasteiger partial charge in [0.25, 0.3) is 5.91 Å². The van der Waals surface area contributed by atoms with Crippen LogP contribution in [0.25, 0.3) is 5.69 Å². The van der Waals surface area contributed by atoms with Gasteiger partial charge >= 0.3 is 6.03 Å². The van der Waals surface area contributed by atoms with E-state index in [9.17, 15) is 9.59 Å². The summed E-state index contributed by atoms with van der Waals surface area (Å²) < 4.78 is 1.75. The van der Waals surface area contributed by atoms with Crippen molar-refractivity contribution >= 4 is 23.5 Å². The molecule has 0 bridgehead atoms. The van der Waals surface area contributed by atoms with E-state index in [1.807, 2.05) is 36.5 Å². The summed E-state index contributed by atoms with van der Waals surface area (Å²) in [7, 11) is 0. The molecule has 0 unspecified atom stereocenters. The van der Waals surface area contributed by atoms with Crippen LogP contribution >= 0.6 is 11.6 Å². The molecule has 7 nitrogen and oxygen atoms in total. The van der Waals surface area contributed by atoms with Gasteiger partial charge in [0.15, 0.2) is 0 Å². The lowest BCUT2D eigenvalue weighted by atomic mass is 10.2. The van der Waals surface area contributed by atoms with E-state index in [1.54, 1.807) is 35.1 Å². The van der Waals surface area contributed by atoms with Crippen molar-refractivity contribution in [1.82, 2.24) is 25.7 Å². The summed E-state index contributed by atoms with van der Waals surface area (Å²) in [5, 5.41) is 12.8. The number of halogens is 1. The molecule has 3 amide bonds. The van der Waals surface area contributed by atoms with E-state index in [2.05, 4.69) is 21.0 Å². The van der Waals surface area contributed by atoms with Gasteiger partial charge in [-0.15, -0.1) is 0 Å². The van der Waals surface area contributed by atoms with Gasteiger partial charge in [-0.05, 0) is 24.3 Å². The first-order valence-corrected chi connectivity index (χ1v) is 9.14. The van der Waals surface area contributed by atoms with Crippen molar-refractivity contribution < 1.29 is 9.59 Å². The Morgan fingerprint density at radius 2 is 1.64 bits per heavy atom. The largest absolute Gasteiger partial charge is 0.350 e. The molecule has 0 atom stereocenters. The number of urea groups is 1. The van der Waals surface area contributed by atoms with Gasteiger partial charge in [0.2, 0.25) is 0 Å². The fourth-order valence-electron chi connectivity index (χ4n) is 2.51. The van der Waals surface area contributed by atoms with Crippen molar-refractivity contribution in [2.45, 2.75) is 6.54 Å². The molecule has 2 aromatic carbocycles. The topological polar surface area (TPSA) is 88.1 Å². The summed E-state index contributed by atoms with van der Waals surface area (Å²) in [6.45, 7) is 0.944. The van der Waals surface area contributed by atoms with Crippen LogP contribution in [0.5, 0.6) is 0 Å². The monoisotopic (exact) mass is 397 g/mol. The third kappa shape index (κ3) is 5.34. The second-order valence-electron chi connectivity index (χ2n) is 5.97. The van der Waals surface area contributed by atoms with Crippen molar-refractivity contribution in [2.24, 2.45) is 0 Å². The van der Waals surface area contributed by atoms with E-state index in [4.69, 9.17) is 11.6 Å². The second kappa shape index (κ2) is 9.57. The molecule has 0 aliphatic rings. The zero-order valence-electron chi connectivity index (χ0n) is 15.1. The smallest absolute Gasteiger partial charge is 0.315 e. The van der Waals surface area contributed by atoms with E-state index in [0.717, 1.165) is 11.3 Å². The lowest BCUT2D eigenvalue weighted by Crippen LogP contribution is -2.40. The fourth-order valence-corrected chi connectivity index (χ4v) is 2.73. The van der Waals surface area contributed by atoms with E-state index >= 15 is 0 Å². The molecule has 3 N–H and O–H groups in total. The van der Waals surface area contributed by atoms with Crippen molar-refractivity contribution in [1.29, 1.82) is 0 Å². The second-order valence-corrected chi connectivity index (χ2v) is 6.38. The third-order valence-corrected chi connectivity index (χ3v) is 4.25. The van der Waals surface area contributed by atoms with Gasteiger partial charge in [0, 0.05) is 31.4 Å². The Kier molecular flexibility index (Phi) is 6.64. The number of nitrogens with zero attached hydrogens (tertiary/aromatic N) is 2. The van der Waals surface area contributed by atoms with Crippen molar-refractivity contribution in [3.05, 3.63) is 83.1 Å². The van der Waals surface area contributed by atoms with Gasteiger partial charge in [-0.2, -0.15) is 5.10 Å². The van der Waals surface area contributed by atoms with Gasteiger partial charge in [-0.3, -0.25) is 4.79 Å². The summed E-state index contributed by atoms with van der Waals surface area (Å²) in [5.41, 5.74) is 2.24. The SMILES string of the molecule is O=C(NCCNC(=O)c1ccccc1Cl)NCc1cnn(-c2ccccc2)c1. The van der Waals surface area contributed by atoms with E-state index in [-0.39, 0.29) is 11.9 Å². The molecule has 144 valence electrons. The third-order valence-electron chi connectivity index (χ3n) is 3.92. The van der Waals surface area contributed by atoms with Crippen LogP contribution in [-0.4, -0.2) is 34.8 Å². The average Bonchev–Trinajstić information content (AvgIpc) is 3.20. The van der Waals surface area contributed by atoms with Gasteiger partial charge in [-0.1, -0.05) is 41.9 Å². The highest BCUT2D eigenvalue weighted by Crippen LogP contribution is 2.14. The molecule has 0 saturated carbocycles. The molecular formula is C20H20ClN5O2. The van der Waals surface area contributed by atoms with Gasteiger partial charge in [0.1, 0.15) is 0 Å². The number of carbonyl (C=O) groups is 2. The number of benzene rings is 2. The molecule has 3 rings (SSSR count). The molecule has 0 fully saturated rings. The normalized spacial score (nSPS) is 10.3. The summed E-state index contributed by atoms with van der Waals surface area (Å²) in [4.78, 5) is 23.9. The number of rotatable bonds is 7.